The van der Waals surface area contributed by atoms with Gasteiger partial charge in [0.05, 0.1) is 25.6 Å². The highest BCUT2D eigenvalue weighted by Gasteiger charge is 2.11. The molecule has 4 heteroatoms. The van der Waals surface area contributed by atoms with Crippen molar-refractivity contribution in [2.75, 3.05) is 14.2 Å². The molecule has 0 saturated heterocycles. The number of hydrogen-bond donors (Lipinski definition) is 0. The summed E-state index contributed by atoms with van der Waals surface area (Å²) in [5.74, 6) is 1.57. The molecule has 0 fully saturated rings. The summed E-state index contributed by atoms with van der Waals surface area (Å²) in [5, 5.41) is 8.72. The molecule has 1 heterocycles. The molecule has 0 saturated carbocycles. The van der Waals surface area contributed by atoms with E-state index in [1.54, 1.807) is 14.2 Å². The molecule has 0 aliphatic carbocycles. The number of para-hydroxylation sites is 1. The van der Waals surface area contributed by atoms with Crippen LogP contribution in [0.2, 0.25) is 0 Å². The Bertz CT molecular complexity index is 814. The maximum Gasteiger partial charge on any atom is 0.128 e. The van der Waals surface area contributed by atoms with Crippen LogP contribution in [-0.2, 0) is 0 Å². The van der Waals surface area contributed by atoms with Crippen molar-refractivity contribution in [3.05, 3.63) is 60.2 Å². The van der Waals surface area contributed by atoms with Gasteiger partial charge in [-0.25, -0.2) is 0 Å². The zero-order valence-corrected chi connectivity index (χ0v) is 13.4. The summed E-state index contributed by atoms with van der Waals surface area (Å²) in [6.45, 7) is 2.04. The Kier molecular flexibility index (Phi) is 4.24. The lowest BCUT2D eigenvalue weighted by Gasteiger charge is -2.10. The minimum absolute atomic E-state index is 0.776. The van der Waals surface area contributed by atoms with E-state index in [1.807, 2.05) is 61.5 Å². The van der Waals surface area contributed by atoms with Crippen molar-refractivity contribution in [1.29, 1.82) is 0 Å². The quantitative estimate of drug-likeness (QED) is 0.727. The average molecular weight is 306 g/mol. The lowest BCUT2D eigenvalue weighted by Crippen LogP contribution is -1.95. The van der Waals surface area contributed by atoms with Gasteiger partial charge in [0.15, 0.2) is 0 Å². The van der Waals surface area contributed by atoms with Crippen molar-refractivity contribution in [1.82, 2.24) is 10.2 Å². The summed E-state index contributed by atoms with van der Waals surface area (Å²) in [4.78, 5) is 0. The van der Waals surface area contributed by atoms with E-state index < -0.39 is 0 Å². The van der Waals surface area contributed by atoms with Crippen molar-refractivity contribution in [2.45, 2.75) is 6.92 Å². The van der Waals surface area contributed by atoms with Crippen molar-refractivity contribution in [2.24, 2.45) is 0 Å². The Morgan fingerprint density at radius 1 is 0.696 bits per heavy atom. The van der Waals surface area contributed by atoms with E-state index in [2.05, 4.69) is 10.2 Å². The second-order valence-electron chi connectivity index (χ2n) is 5.21. The fraction of sp³-hybridized carbons (Fsp3) is 0.158. The summed E-state index contributed by atoms with van der Waals surface area (Å²) < 4.78 is 10.8. The lowest BCUT2D eigenvalue weighted by atomic mass is 10.1. The molecule has 0 amide bonds. The molecule has 116 valence electrons. The van der Waals surface area contributed by atoms with Crippen molar-refractivity contribution in [3.8, 4) is 34.0 Å². The van der Waals surface area contributed by atoms with Gasteiger partial charge in [0.2, 0.25) is 0 Å². The number of methoxy groups -OCH3 is 2. The zero-order chi connectivity index (χ0) is 16.2. The SMILES string of the molecule is COc1ccccc1-c1ccc(-c2cc(C)ccc2OC)nn1. The molecule has 0 N–H and O–H groups in total. The van der Waals surface area contributed by atoms with Crippen LogP contribution in [0.3, 0.4) is 0 Å². The summed E-state index contributed by atoms with van der Waals surface area (Å²) in [6.07, 6.45) is 0. The van der Waals surface area contributed by atoms with Gasteiger partial charge in [0.1, 0.15) is 11.5 Å². The molecule has 0 unspecified atom stereocenters. The van der Waals surface area contributed by atoms with Gasteiger partial charge in [-0.05, 0) is 43.3 Å². The summed E-state index contributed by atoms with van der Waals surface area (Å²) in [6, 6.07) is 17.7. The number of aromatic nitrogens is 2. The number of aryl methyl sites for hydroxylation is 1. The molecule has 0 aliphatic heterocycles. The van der Waals surface area contributed by atoms with Crippen LogP contribution >= 0.6 is 0 Å². The van der Waals surface area contributed by atoms with Gasteiger partial charge in [0.25, 0.3) is 0 Å². The zero-order valence-electron chi connectivity index (χ0n) is 13.4. The predicted octanol–water partition coefficient (Wildman–Crippen LogP) is 4.14. The number of ether oxygens (including phenoxy) is 2. The van der Waals surface area contributed by atoms with Crippen molar-refractivity contribution < 1.29 is 9.47 Å². The molecule has 3 aromatic rings. The fourth-order valence-corrected chi connectivity index (χ4v) is 2.50. The number of rotatable bonds is 4. The van der Waals surface area contributed by atoms with Crippen LogP contribution in [0, 0.1) is 6.92 Å². The van der Waals surface area contributed by atoms with Crippen LogP contribution in [0.25, 0.3) is 22.5 Å². The summed E-state index contributed by atoms with van der Waals surface area (Å²) in [5.41, 5.74) is 4.57. The number of nitrogens with zero attached hydrogens (tertiary/aromatic N) is 2. The second-order valence-corrected chi connectivity index (χ2v) is 5.21. The van der Waals surface area contributed by atoms with Crippen LogP contribution < -0.4 is 9.47 Å². The molecule has 3 rings (SSSR count). The topological polar surface area (TPSA) is 44.2 Å². The van der Waals surface area contributed by atoms with Gasteiger partial charge in [-0.1, -0.05) is 23.8 Å². The molecule has 23 heavy (non-hydrogen) atoms. The first-order valence-electron chi connectivity index (χ1n) is 7.35. The highest BCUT2D eigenvalue weighted by Crippen LogP contribution is 2.31. The van der Waals surface area contributed by atoms with E-state index in [0.29, 0.717) is 0 Å². The van der Waals surface area contributed by atoms with Crippen LogP contribution in [0.15, 0.2) is 54.6 Å². The molecule has 4 nitrogen and oxygen atoms in total. The van der Waals surface area contributed by atoms with E-state index >= 15 is 0 Å². The first-order valence-corrected chi connectivity index (χ1v) is 7.35. The number of hydrogen-bond acceptors (Lipinski definition) is 4. The minimum atomic E-state index is 0.776. The Morgan fingerprint density at radius 3 is 1.96 bits per heavy atom. The van der Waals surface area contributed by atoms with E-state index in [1.165, 1.54) is 0 Å². The third kappa shape index (κ3) is 3.01. The predicted molar refractivity (Wildman–Crippen MR) is 90.7 cm³/mol. The maximum absolute atomic E-state index is 5.42. The third-order valence-electron chi connectivity index (χ3n) is 3.68. The largest absolute Gasteiger partial charge is 0.496 e. The van der Waals surface area contributed by atoms with E-state index in [9.17, 15) is 0 Å². The molecule has 0 radical (unpaired) electrons. The van der Waals surface area contributed by atoms with E-state index in [4.69, 9.17) is 9.47 Å². The molecule has 0 spiro atoms. The molecular formula is C19H18N2O2. The molecular weight excluding hydrogens is 288 g/mol. The second kappa shape index (κ2) is 6.48. The van der Waals surface area contributed by atoms with Crippen molar-refractivity contribution in [3.63, 3.8) is 0 Å². The molecule has 0 atom stereocenters. The maximum atomic E-state index is 5.42. The molecule has 1 aromatic heterocycles. The van der Waals surface area contributed by atoms with Gasteiger partial charge >= 0.3 is 0 Å². The minimum Gasteiger partial charge on any atom is -0.496 e. The van der Waals surface area contributed by atoms with Gasteiger partial charge in [-0.15, -0.1) is 10.2 Å². The van der Waals surface area contributed by atoms with E-state index in [-0.39, 0.29) is 0 Å². The Morgan fingerprint density at radius 2 is 1.30 bits per heavy atom. The monoisotopic (exact) mass is 306 g/mol. The Balaban J connectivity index is 2.02. The van der Waals surface area contributed by atoms with Gasteiger partial charge in [-0.3, -0.25) is 0 Å². The van der Waals surface area contributed by atoms with Crippen LogP contribution in [-0.4, -0.2) is 24.4 Å². The van der Waals surface area contributed by atoms with Crippen LogP contribution in [0.1, 0.15) is 5.56 Å². The molecule has 0 aliphatic rings. The van der Waals surface area contributed by atoms with Gasteiger partial charge in [0, 0.05) is 11.1 Å². The standard InChI is InChI=1S/C19H18N2O2/c1-13-8-11-19(23-3)15(12-13)17-10-9-16(20-21-17)14-6-4-5-7-18(14)22-2/h4-12H,1-3H3. The van der Waals surface area contributed by atoms with Gasteiger partial charge in [-0.2, -0.15) is 0 Å². The highest BCUT2D eigenvalue weighted by atomic mass is 16.5. The molecule has 0 bridgehead atoms. The Labute approximate surface area is 135 Å². The summed E-state index contributed by atoms with van der Waals surface area (Å²) >= 11 is 0. The lowest BCUT2D eigenvalue weighted by molar-refractivity contribution is 0.416. The van der Waals surface area contributed by atoms with Crippen molar-refractivity contribution >= 4 is 0 Å². The molecule has 2 aromatic carbocycles. The van der Waals surface area contributed by atoms with Crippen LogP contribution in [0.4, 0.5) is 0 Å². The normalized spacial score (nSPS) is 10.4. The first kappa shape index (κ1) is 15.0. The number of benzene rings is 2. The Hall–Kier alpha value is -2.88. The fourth-order valence-electron chi connectivity index (χ4n) is 2.50. The summed E-state index contributed by atoms with van der Waals surface area (Å²) in [7, 11) is 3.31. The van der Waals surface area contributed by atoms with E-state index in [0.717, 1.165) is 39.6 Å². The van der Waals surface area contributed by atoms with Crippen LogP contribution in [0.5, 0.6) is 11.5 Å². The smallest absolute Gasteiger partial charge is 0.128 e. The van der Waals surface area contributed by atoms with Gasteiger partial charge < -0.3 is 9.47 Å². The third-order valence-corrected chi connectivity index (χ3v) is 3.68. The average Bonchev–Trinajstić information content (AvgIpc) is 2.62. The first-order chi connectivity index (χ1) is 11.2. The highest BCUT2D eigenvalue weighted by molar-refractivity contribution is 5.71.